The number of carbonyl (C=O) groups excluding carboxylic acids is 3. The van der Waals surface area contributed by atoms with E-state index in [4.69, 9.17) is 21.1 Å². The highest BCUT2D eigenvalue weighted by atomic mass is 35.5. The third-order valence-electron chi connectivity index (χ3n) is 4.21. The molecule has 2 aromatic rings. The van der Waals surface area contributed by atoms with Crippen LogP contribution in [0.2, 0.25) is 5.02 Å². The largest absolute Gasteiger partial charge is 0.476 e. The standard InChI is InChI=1S/C20H22ClN3O5S/c1-10(2)28-17(26)16-11(3)22-19(30-16)23-15(25)9-24-13-8-12(21)6-7-14(13)29-20(4,5)18(24)27/h6-8,10H,9H2,1-5H3,(H,22,23,25). The van der Waals surface area contributed by atoms with Crippen molar-refractivity contribution in [1.82, 2.24) is 4.98 Å². The van der Waals surface area contributed by atoms with E-state index < -0.39 is 17.5 Å². The average molecular weight is 452 g/mol. The third-order valence-corrected chi connectivity index (χ3v) is 5.50. The van der Waals surface area contributed by atoms with Crippen molar-refractivity contribution in [2.45, 2.75) is 46.3 Å². The van der Waals surface area contributed by atoms with Gasteiger partial charge in [0, 0.05) is 5.02 Å². The van der Waals surface area contributed by atoms with Crippen LogP contribution in [0.1, 0.15) is 43.1 Å². The lowest BCUT2D eigenvalue weighted by Gasteiger charge is -2.38. The van der Waals surface area contributed by atoms with E-state index in [1.807, 2.05) is 0 Å². The van der Waals surface area contributed by atoms with Gasteiger partial charge in [-0.05, 0) is 52.8 Å². The minimum absolute atomic E-state index is 0.250. The van der Waals surface area contributed by atoms with Crippen LogP contribution in [0.25, 0.3) is 0 Å². The number of aryl methyl sites for hydroxylation is 1. The summed E-state index contributed by atoms with van der Waals surface area (Å²) >= 11 is 7.09. The molecule has 2 amide bonds. The first-order chi connectivity index (χ1) is 14.0. The second kappa shape index (κ2) is 8.23. The van der Waals surface area contributed by atoms with E-state index in [2.05, 4.69) is 10.3 Å². The number of fused-ring (bicyclic) bond motifs is 1. The maximum atomic E-state index is 12.9. The summed E-state index contributed by atoms with van der Waals surface area (Å²) in [6, 6.07) is 4.89. The van der Waals surface area contributed by atoms with Crippen LogP contribution in [0.15, 0.2) is 18.2 Å². The fraction of sp³-hybridized carbons (Fsp3) is 0.400. The summed E-state index contributed by atoms with van der Waals surface area (Å²) in [5, 5.41) is 3.31. The Balaban J connectivity index is 1.79. The summed E-state index contributed by atoms with van der Waals surface area (Å²) < 4.78 is 10.9. The molecule has 1 aromatic carbocycles. The smallest absolute Gasteiger partial charge is 0.350 e. The highest BCUT2D eigenvalue weighted by Gasteiger charge is 2.41. The number of nitrogens with zero attached hydrogens (tertiary/aromatic N) is 2. The number of thiazole rings is 1. The summed E-state index contributed by atoms with van der Waals surface area (Å²) in [5.41, 5.74) is -0.257. The number of halogens is 1. The van der Waals surface area contributed by atoms with Crippen molar-refractivity contribution in [1.29, 1.82) is 0 Å². The molecule has 0 fully saturated rings. The number of amides is 2. The van der Waals surface area contributed by atoms with Crippen LogP contribution in [0.3, 0.4) is 0 Å². The number of anilines is 2. The quantitative estimate of drug-likeness (QED) is 0.694. The van der Waals surface area contributed by atoms with Gasteiger partial charge >= 0.3 is 5.97 Å². The molecule has 3 rings (SSSR count). The molecule has 0 radical (unpaired) electrons. The van der Waals surface area contributed by atoms with E-state index in [1.165, 1.54) is 4.90 Å². The number of carbonyl (C=O) groups is 3. The molecule has 1 aliphatic rings. The van der Waals surface area contributed by atoms with Gasteiger partial charge in [0.05, 0.1) is 17.5 Å². The molecular weight excluding hydrogens is 430 g/mol. The van der Waals surface area contributed by atoms with Gasteiger partial charge in [0.25, 0.3) is 5.91 Å². The maximum absolute atomic E-state index is 12.9. The molecule has 160 valence electrons. The van der Waals surface area contributed by atoms with Gasteiger partial charge in [0.1, 0.15) is 17.2 Å². The summed E-state index contributed by atoms with van der Waals surface area (Å²) in [7, 11) is 0. The van der Waals surface area contributed by atoms with Crippen LogP contribution in [0.4, 0.5) is 10.8 Å². The topological polar surface area (TPSA) is 97.8 Å². The molecule has 0 unspecified atom stereocenters. The molecular formula is C20H22ClN3O5S. The van der Waals surface area contributed by atoms with Crippen LogP contribution in [-0.4, -0.2) is 41.0 Å². The molecule has 2 heterocycles. The lowest BCUT2D eigenvalue weighted by Crippen LogP contribution is -2.54. The molecule has 1 N–H and O–H groups in total. The third kappa shape index (κ3) is 4.57. The summed E-state index contributed by atoms with van der Waals surface area (Å²) in [4.78, 5) is 43.5. The number of benzene rings is 1. The first-order valence-corrected chi connectivity index (χ1v) is 10.5. The van der Waals surface area contributed by atoms with Crippen LogP contribution in [-0.2, 0) is 14.3 Å². The Morgan fingerprint density at radius 3 is 2.73 bits per heavy atom. The van der Waals surface area contributed by atoms with E-state index >= 15 is 0 Å². The van der Waals surface area contributed by atoms with Gasteiger partial charge in [-0.3, -0.25) is 14.5 Å². The van der Waals surface area contributed by atoms with Crippen molar-refractivity contribution in [2.24, 2.45) is 0 Å². The molecule has 0 bridgehead atoms. The second-order valence-electron chi connectivity index (χ2n) is 7.55. The fourth-order valence-corrected chi connectivity index (χ4v) is 3.94. The molecule has 1 aliphatic heterocycles. The minimum atomic E-state index is -1.13. The van der Waals surface area contributed by atoms with Gasteiger partial charge in [-0.15, -0.1) is 0 Å². The Bertz CT molecular complexity index is 1020. The van der Waals surface area contributed by atoms with Crippen LogP contribution in [0.5, 0.6) is 5.75 Å². The number of hydrogen-bond acceptors (Lipinski definition) is 7. The zero-order chi connectivity index (χ0) is 22.2. The SMILES string of the molecule is Cc1nc(NC(=O)CN2C(=O)C(C)(C)Oc3ccc(Cl)cc32)sc1C(=O)OC(C)C. The summed E-state index contributed by atoms with van der Waals surface area (Å²) in [6.07, 6.45) is -0.264. The summed E-state index contributed by atoms with van der Waals surface area (Å²) in [6.45, 7) is 8.17. The Morgan fingerprint density at radius 2 is 2.07 bits per heavy atom. The van der Waals surface area contributed by atoms with Crippen LogP contribution < -0.4 is 15.0 Å². The van der Waals surface area contributed by atoms with Gasteiger partial charge in [0.2, 0.25) is 5.91 Å². The Morgan fingerprint density at radius 1 is 1.37 bits per heavy atom. The second-order valence-corrected chi connectivity index (χ2v) is 8.99. The van der Waals surface area contributed by atoms with E-state index in [1.54, 1.807) is 52.8 Å². The van der Waals surface area contributed by atoms with Crippen molar-refractivity contribution in [3.8, 4) is 5.75 Å². The van der Waals surface area contributed by atoms with Gasteiger partial charge in [-0.2, -0.15) is 0 Å². The van der Waals surface area contributed by atoms with Crippen LogP contribution in [0, 0.1) is 6.92 Å². The molecule has 0 spiro atoms. The molecule has 8 nitrogen and oxygen atoms in total. The van der Waals surface area contributed by atoms with Gasteiger partial charge in [-0.25, -0.2) is 9.78 Å². The number of esters is 1. The highest BCUT2D eigenvalue weighted by molar-refractivity contribution is 7.17. The van der Waals surface area contributed by atoms with Crippen molar-refractivity contribution < 1.29 is 23.9 Å². The van der Waals surface area contributed by atoms with Crippen molar-refractivity contribution in [3.05, 3.63) is 33.8 Å². The fourth-order valence-electron chi connectivity index (χ4n) is 2.91. The molecule has 0 saturated carbocycles. The minimum Gasteiger partial charge on any atom is -0.476 e. The highest BCUT2D eigenvalue weighted by Crippen LogP contribution is 2.39. The van der Waals surface area contributed by atoms with Crippen molar-refractivity contribution in [3.63, 3.8) is 0 Å². The number of nitrogens with one attached hydrogen (secondary N) is 1. The lowest BCUT2D eigenvalue weighted by molar-refractivity contribution is -0.133. The predicted octanol–water partition coefficient (Wildman–Crippen LogP) is 3.81. The number of hydrogen-bond donors (Lipinski definition) is 1. The van der Waals surface area contributed by atoms with Crippen molar-refractivity contribution in [2.75, 3.05) is 16.8 Å². The number of ether oxygens (including phenoxy) is 2. The molecule has 0 saturated heterocycles. The zero-order valence-corrected chi connectivity index (χ0v) is 18.8. The maximum Gasteiger partial charge on any atom is 0.350 e. The van der Waals surface area contributed by atoms with Gasteiger partial charge < -0.3 is 14.8 Å². The Labute approximate surface area is 183 Å². The van der Waals surface area contributed by atoms with Crippen molar-refractivity contribution >= 4 is 51.5 Å². The van der Waals surface area contributed by atoms with Gasteiger partial charge in [-0.1, -0.05) is 22.9 Å². The molecule has 0 aliphatic carbocycles. The molecule has 0 atom stereocenters. The zero-order valence-electron chi connectivity index (χ0n) is 17.2. The monoisotopic (exact) mass is 451 g/mol. The average Bonchev–Trinajstić information content (AvgIpc) is 2.99. The van der Waals surface area contributed by atoms with E-state index in [9.17, 15) is 14.4 Å². The van der Waals surface area contributed by atoms with E-state index in [-0.39, 0.29) is 23.7 Å². The van der Waals surface area contributed by atoms with Gasteiger partial charge in [0.15, 0.2) is 10.7 Å². The molecule has 1 aromatic heterocycles. The number of aromatic nitrogens is 1. The first-order valence-electron chi connectivity index (χ1n) is 9.26. The van der Waals surface area contributed by atoms with Crippen LogP contribution >= 0.6 is 22.9 Å². The lowest BCUT2D eigenvalue weighted by atomic mass is 10.0. The van der Waals surface area contributed by atoms with E-state index in [0.29, 0.717) is 27.0 Å². The predicted molar refractivity (Wildman–Crippen MR) is 115 cm³/mol. The van der Waals surface area contributed by atoms with E-state index in [0.717, 1.165) is 11.3 Å². The summed E-state index contributed by atoms with van der Waals surface area (Å²) in [5.74, 6) is -0.872. The Kier molecular flexibility index (Phi) is 6.05. The molecule has 10 heteroatoms. The first kappa shape index (κ1) is 22.0. The molecule has 30 heavy (non-hydrogen) atoms. The normalized spacial score (nSPS) is 14.9. The number of rotatable bonds is 5. The Hall–Kier alpha value is -2.65.